The molecule has 1 heterocycles. The Kier molecular flexibility index (Phi) is 7.48. The third-order valence-corrected chi connectivity index (χ3v) is 3.44. The summed E-state index contributed by atoms with van der Waals surface area (Å²) in [4.78, 5) is 27.1. The van der Waals surface area contributed by atoms with E-state index in [1.165, 1.54) is 0 Å². The molecule has 5 heteroatoms. The number of unbranched alkanes of at least 4 members (excludes halogenated alkanes) is 2. The molecule has 2 amide bonds. The first-order valence-electron chi connectivity index (χ1n) is 7.26. The predicted octanol–water partition coefficient (Wildman–Crippen LogP) is 1.27. The minimum absolute atomic E-state index is 0.0610. The molecule has 0 radical (unpaired) electrons. The summed E-state index contributed by atoms with van der Waals surface area (Å²) in [6.45, 7) is 7.61. The first-order valence-corrected chi connectivity index (χ1v) is 7.26. The standard InChI is InChI=1S/C14H26N2O3/c1-3-4-5-7-15(13(2)17)8-6-14(18)16-9-11-19-12-10-16/h3-12H2,1-2H3. The molecule has 0 bridgehead atoms. The van der Waals surface area contributed by atoms with Crippen LogP contribution < -0.4 is 0 Å². The Morgan fingerprint density at radius 1 is 1.16 bits per heavy atom. The average molecular weight is 270 g/mol. The molecule has 1 rings (SSSR count). The van der Waals surface area contributed by atoms with E-state index in [4.69, 9.17) is 4.74 Å². The molecular formula is C14H26N2O3. The highest BCUT2D eigenvalue weighted by Gasteiger charge is 2.18. The average Bonchev–Trinajstić information content (AvgIpc) is 2.43. The largest absolute Gasteiger partial charge is 0.378 e. The van der Waals surface area contributed by atoms with Crippen LogP contribution in [0.1, 0.15) is 39.5 Å². The maximum atomic E-state index is 12.0. The maximum Gasteiger partial charge on any atom is 0.224 e. The third kappa shape index (κ3) is 6.05. The van der Waals surface area contributed by atoms with Gasteiger partial charge in [0.1, 0.15) is 0 Å². The van der Waals surface area contributed by atoms with Crippen LogP contribution in [0, 0.1) is 0 Å². The molecule has 0 unspecified atom stereocenters. The molecule has 0 aromatic rings. The van der Waals surface area contributed by atoms with E-state index in [0.717, 1.165) is 25.8 Å². The molecule has 0 spiro atoms. The Balaban J connectivity index is 2.29. The fraction of sp³-hybridized carbons (Fsp3) is 0.857. The second-order valence-corrected chi connectivity index (χ2v) is 4.96. The van der Waals surface area contributed by atoms with E-state index in [2.05, 4.69) is 6.92 Å². The van der Waals surface area contributed by atoms with Gasteiger partial charge in [-0.05, 0) is 6.42 Å². The quantitative estimate of drug-likeness (QED) is 0.655. The fourth-order valence-electron chi connectivity index (χ4n) is 2.18. The summed E-state index contributed by atoms with van der Waals surface area (Å²) < 4.78 is 5.22. The van der Waals surface area contributed by atoms with Crippen molar-refractivity contribution >= 4 is 11.8 Å². The second kappa shape index (κ2) is 8.91. The molecule has 110 valence electrons. The number of carbonyl (C=O) groups excluding carboxylic acids is 2. The van der Waals surface area contributed by atoms with Gasteiger partial charge in [0, 0.05) is 39.5 Å². The van der Waals surface area contributed by atoms with E-state index in [9.17, 15) is 9.59 Å². The zero-order valence-corrected chi connectivity index (χ0v) is 12.2. The van der Waals surface area contributed by atoms with Crippen LogP contribution in [0.2, 0.25) is 0 Å². The summed E-state index contributed by atoms with van der Waals surface area (Å²) in [5.74, 6) is 0.191. The Hall–Kier alpha value is -1.10. The van der Waals surface area contributed by atoms with Crippen LogP contribution in [-0.4, -0.2) is 61.0 Å². The zero-order chi connectivity index (χ0) is 14.1. The molecule has 1 fully saturated rings. The number of hydrogen-bond acceptors (Lipinski definition) is 3. The van der Waals surface area contributed by atoms with E-state index >= 15 is 0 Å². The lowest BCUT2D eigenvalue weighted by atomic mass is 10.2. The van der Waals surface area contributed by atoms with Gasteiger partial charge in [0.15, 0.2) is 0 Å². The van der Waals surface area contributed by atoms with Crippen LogP contribution in [0.15, 0.2) is 0 Å². The minimum atomic E-state index is 0.0610. The van der Waals surface area contributed by atoms with E-state index < -0.39 is 0 Å². The van der Waals surface area contributed by atoms with Gasteiger partial charge >= 0.3 is 0 Å². The predicted molar refractivity (Wildman–Crippen MR) is 73.8 cm³/mol. The van der Waals surface area contributed by atoms with Gasteiger partial charge < -0.3 is 14.5 Å². The molecular weight excluding hydrogens is 244 g/mol. The lowest BCUT2D eigenvalue weighted by Gasteiger charge is -2.28. The van der Waals surface area contributed by atoms with Crippen LogP contribution in [0.4, 0.5) is 0 Å². The summed E-state index contributed by atoms with van der Waals surface area (Å²) in [5.41, 5.74) is 0. The number of amides is 2. The zero-order valence-electron chi connectivity index (χ0n) is 12.2. The van der Waals surface area contributed by atoms with Crippen molar-refractivity contribution in [2.45, 2.75) is 39.5 Å². The number of rotatable bonds is 7. The third-order valence-electron chi connectivity index (χ3n) is 3.44. The number of hydrogen-bond donors (Lipinski definition) is 0. The van der Waals surface area contributed by atoms with Crippen molar-refractivity contribution in [3.63, 3.8) is 0 Å². The first kappa shape index (κ1) is 16.0. The Morgan fingerprint density at radius 3 is 2.42 bits per heavy atom. The lowest BCUT2D eigenvalue weighted by molar-refractivity contribution is -0.136. The van der Waals surface area contributed by atoms with Crippen molar-refractivity contribution in [2.24, 2.45) is 0 Å². The second-order valence-electron chi connectivity index (χ2n) is 4.96. The molecule has 1 aliphatic rings. The van der Waals surface area contributed by atoms with Crippen LogP contribution >= 0.6 is 0 Å². The summed E-state index contributed by atoms with van der Waals surface area (Å²) in [7, 11) is 0. The maximum absolute atomic E-state index is 12.0. The normalized spacial score (nSPS) is 15.4. The number of nitrogens with zero attached hydrogens (tertiary/aromatic N) is 2. The monoisotopic (exact) mass is 270 g/mol. The number of morpholine rings is 1. The molecule has 0 aliphatic carbocycles. The molecule has 0 aromatic carbocycles. The molecule has 0 atom stereocenters. The van der Waals surface area contributed by atoms with Crippen LogP contribution in [0.3, 0.4) is 0 Å². The van der Waals surface area contributed by atoms with Crippen LogP contribution in [0.5, 0.6) is 0 Å². The Bertz CT molecular complexity index is 288. The molecule has 0 saturated carbocycles. The molecule has 1 aliphatic heterocycles. The fourth-order valence-corrected chi connectivity index (χ4v) is 2.18. The van der Waals surface area contributed by atoms with Crippen molar-refractivity contribution in [3.8, 4) is 0 Å². The van der Waals surface area contributed by atoms with Crippen molar-refractivity contribution in [1.82, 2.24) is 9.80 Å². The minimum Gasteiger partial charge on any atom is -0.378 e. The van der Waals surface area contributed by atoms with Crippen LogP contribution in [0.25, 0.3) is 0 Å². The highest BCUT2D eigenvalue weighted by molar-refractivity contribution is 5.78. The van der Waals surface area contributed by atoms with Crippen molar-refractivity contribution < 1.29 is 14.3 Å². The lowest BCUT2D eigenvalue weighted by Crippen LogP contribution is -2.42. The van der Waals surface area contributed by atoms with Gasteiger partial charge in [0.05, 0.1) is 13.2 Å². The highest BCUT2D eigenvalue weighted by atomic mass is 16.5. The molecule has 5 nitrogen and oxygen atoms in total. The molecule has 19 heavy (non-hydrogen) atoms. The summed E-state index contributed by atoms with van der Waals surface area (Å²) >= 11 is 0. The van der Waals surface area contributed by atoms with Gasteiger partial charge in [-0.15, -0.1) is 0 Å². The van der Waals surface area contributed by atoms with Gasteiger partial charge in [-0.3, -0.25) is 9.59 Å². The molecule has 0 N–H and O–H groups in total. The molecule has 0 aromatic heterocycles. The summed E-state index contributed by atoms with van der Waals surface area (Å²) in [6, 6.07) is 0. The van der Waals surface area contributed by atoms with Gasteiger partial charge in [0.2, 0.25) is 11.8 Å². The van der Waals surface area contributed by atoms with Gasteiger partial charge in [0.25, 0.3) is 0 Å². The highest BCUT2D eigenvalue weighted by Crippen LogP contribution is 2.04. The van der Waals surface area contributed by atoms with Gasteiger partial charge in [-0.2, -0.15) is 0 Å². The number of carbonyl (C=O) groups is 2. The topological polar surface area (TPSA) is 49.9 Å². The van der Waals surface area contributed by atoms with E-state index in [-0.39, 0.29) is 11.8 Å². The SMILES string of the molecule is CCCCCN(CCC(=O)N1CCOCC1)C(C)=O. The smallest absolute Gasteiger partial charge is 0.224 e. The van der Waals surface area contributed by atoms with E-state index in [1.807, 2.05) is 4.90 Å². The van der Waals surface area contributed by atoms with Crippen LogP contribution in [-0.2, 0) is 14.3 Å². The van der Waals surface area contributed by atoms with Crippen molar-refractivity contribution in [2.75, 3.05) is 39.4 Å². The van der Waals surface area contributed by atoms with E-state index in [1.54, 1.807) is 11.8 Å². The van der Waals surface area contributed by atoms with Gasteiger partial charge in [-0.25, -0.2) is 0 Å². The molecule has 1 saturated heterocycles. The van der Waals surface area contributed by atoms with Crippen molar-refractivity contribution in [3.05, 3.63) is 0 Å². The van der Waals surface area contributed by atoms with Crippen molar-refractivity contribution in [1.29, 1.82) is 0 Å². The van der Waals surface area contributed by atoms with Gasteiger partial charge in [-0.1, -0.05) is 19.8 Å². The first-order chi connectivity index (χ1) is 9.15. The Morgan fingerprint density at radius 2 is 1.84 bits per heavy atom. The van der Waals surface area contributed by atoms with E-state index in [0.29, 0.717) is 39.3 Å². The summed E-state index contributed by atoms with van der Waals surface area (Å²) in [6.07, 6.45) is 3.70. The number of ether oxygens (including phenoxy) is 1. The summed E-state index contributed by atoms with van der Waals surface area (Å²) in [5, 5.41) is 0. The Labute approximate surface area is 115 Å².